The largest absolute Gasteiger partial charge is 0.497 e. The van der Waals surface area contributed by atoms with E-state index in [1.165, 1.54) is 31.4 Å². The molecule has 3 rings (SSSR count). The summed E-state index contributed by atoms with van der Waals surface area (Å²) in [5.74, 6) is 1.20. The summed E-state index contributed by atoms with van der Waals surface area (Å²) in [5, 5.41) is 0. The second kappa shape index (κ2) is 8.02. The lowest BCUT2D eigenvalue weighted by molar-refractivity contribution is -0.133. The van der Waals surface area contributed by atoms with Crippen LogP contribution in [0.15, 0.2) is 24.3 Å². The van der Waals surface area contributed by atoms with Crippen LogP contribution in [0.25, 0.3) is 0 Å². The van der Waals surface area contributed by atoms with Gasteiger partial charge in [0.15, 0.2) is 0 Å². The third-order valence-corrected chi connectivity index (χ3v) is 5.67. The van der Waals surface area contributed by atoms with Crippen molar-refractivity contribution >= 4 is 5.91 Å². The number of rotatable bonds is 6. The summed E-state index contributed by atoms with van der Waals surface area (Å²) in [7, 11) is 1.68. The monoisotopic (exact) mass is 330 g/mol. The average molecular weight is 330 g/mol. The molecule has 0 N–H and O–H groups in total. The van der Waals surface area contributed by atoms with E-state index in [2.05, 4.69) is 28.9 Å². The third kappa shape index (κ3) is 3.75. The summed E-state index contributed by atoms with van der Waals surface area (Å²) in [5.41, 5.74) is 1.20. The van der Waals surface area contributed by atoms with Gasteiger partial charge in [-0.2, -0.15) is 0 Å². The van der Waals surface area contributed by atoms with Crippen LogP contribution in [0.1, 0.15) is 44.6 Å². The topological polar surface area (TPSA) is 32.8 Å². The summed E-state index contributed by atoms with van der Waals surface area (Å²) in [6.07, 6.45) is 6.29. The summed E-state index contributed by atoms with van der Waals surface area (Å²) >= 11 is 0. The molecule has 0 aliphatic carbocycles. The van der Waals surface area contributed by atoms with Crippen LogP contribution in [0.5, 0.6) is 5.75 Å². The van der Waals surface area contributed by atoms with Gasteiger partial charge in [-0.1, -0.05) is 19.1 Å². The van der Waals surface area contributed by atoms with Crippen molar-refractivity contribution in [3.8, 4) is 5.75 Å². The first kappa shape index (κ1) is 17.3. The molecular weight excluding hydrogens is 300 g/mol. The number of amides is 1. The maximum absolute atomic E-state index is 12.8. The van der Waals surface area contributed by atoms with Crippen LogP contribution < -0.4 is 4.74 Å². The Bertz CT molecular complexity index is 543. The molecule has 4 heteroatoms. The van der Waals surface area contributed by atoms with Crippen molar-refractivity contribution in [1.29, 1.82) is 0 Å². The molecule has 132 valence electrons. The third-order valence-electron chi connectivity index (χ3n) is 5.67. The van der Waals surface area contributed by atoms with Gasteiger partial charge in [-0.25, -0.2) is 0 Å². The van der Waals surface area contributed by atoms with Gasteiger partial charge in [0.05, 0.1) is 7.11 Å². The van der Waals surface area contributed by atoms with E-state index in [0.29, 0.717) is 24.4 Å². The number of benzene rings is 1. The lowest BCUT2D eigenvalue weighted by Gasteiger charge is -2.34. The highest BCUT2D eigenvalue weighted by Gasteiger charge is 2.38. The van der Waals surface area contributed by atoms with Crippen LogP contribution in [-0.2, 0) is 11.2 Å². The van der Waals surface area contributed by atoms with Crippen molar-refractivity contribution in [2.45, 2.75) is 57.5 Å². The molecule has 2 aliphatic heterocycles. The van der Waals surface area contributed by atoms with Crippen molar-refractivity contribution in [1.82, 2.24) is 9.80 Å². The van der Waals surface area contributed by atoms with Gasteiger partial charge in [-0.15, -0.1) is 0 Å². The van der Waals surface area contributed by atoms with E-state index in [0.717, 1.165) is 31.7 Å². The number of ether oxygens (including phenoxy) is 1. The second-order valence-corrected chi connectivity index (χ2v) is 6.98. The molecule has 24 heavy (non-hydrogen) atoms. The normalized spacial score (nSPS) is 24.5. The Morgan fingerprint density at radius 2 is 1.83 bits per heavy atom. The number of aryl methyl sites for hydroxylation is 1. The molecule has 0 aromatic heterocycles. The van der Waals surface area contributed by atoms with Crippen molar-refractivity contribution in [3.05, 3.63) is 29.8 Å². The van der Waals surface area contributed by atoms with E-state index >= 15 is 0 Å². The fourth-order valence-electron chi connectivity index (χ4n) is 4.37. The minimum atomic E-state index is 0.330. The number of likely N-dealkylation sites (tertiary alicyclic amines) is 2. The molecule has 0 unspecified atom stereocenters. The van der Waals surface area contributed by atoms with Gasteiger partial charge >= 0.3 is 0 Å². The lowest BCUT2D eigenvalue weighted by atomic mass is 10.0. The van der Waals surface area contributed by atoms with E-state index < -0.39 is 0 Å². The minimum Gasteiger partial charge on any atom is -0.497 e. The first-order chi connectivity index (χ1) is 11.7. The van der Waals surface area contributed by atoms with E-state index in [4.69, 9.17) is 4.74 Å². The Hall–Kier alpha value is -1.55. The number of methoxy groups -OCH3 is 1. The second-order valence-electron chi connectivity index (χ2n) is 6.98. The van der Waals surface area contributed by atoms with Gasteiger partial charge in [0.25, 0.3) is 0 Å². The Morgan fingerprint density at radius 1 is 1.12 bits per heavy atom. The molecule has 2 fully saturated rings. The van der Waals surface area contributed by atoms with Gasteiger partial charge in [0.2, 0.25) is 5.91 Å². The fourth-order valence-corrected chi connectivity index (χ4v) is 4.37. The highest BCUT2D eigenvalue weighted by molar-refractivity contribution is 5.77. The number of hydrogen-bond donors (Lipinski definition) is 0. The van der Waals surface area contributed by atoms with Crippen LogP contribution in [0, 0.1) is 0 Å². The quantitative estimate of drug-likeness (QED) is 0.803. The van der Waals surface area contributed by atoms with Gasteiger partial charge in [0.1, 0.15) is 5.75 Å². The molecule has 4 nitrogen and oxygen atoms in total. The molecule has 0 bridgehead atoms. The van der Waals surface area contributed by atoms with E-state index in [-0.39, 0.29) is 0 Å². The number of likely N-dealkylation sites (N-methyl/N-ethyl adjacent to an activating group) is 1. The van der Waals surface area contributed by atoms with Crippen molar-refractivity contribution in [3.63, 3.8) is 0 Å². The Labute approximate surface area is 145 Å². The van der Waals surface area contributed by atoms with Crippen molar-refractivity contribution in [2.24, 2.45) is 0 Å². The zero-order valence-corrected chi connectivity index (χ0v) is 15.0. The molecule has 0 spiro atoms. The summed E-state index contributed by atoms with van der Waals surface area (Å²) < 4.78 is 5.19. The summed E-state index contributed by atoms with van der Waals surface area (Å²) in [6, 6.07) is 9.08. The van der Waals surface area contributed by atoms with E-state index in [1.807, 2.05) is 12.1 Å². The molecule has 2 heterocycles. The Kier molecular flexibility index (Phi) is 5.77. The molecular formula is C20H30N2O2. The molecule has 2 saturated heterocycles. The van der Waals surface area contributed by atoms with E-state index in [9.17, 15) is 4.79 Å². The molecule has 0 saturated carbocycles. The van der Waals surface area contributed by atoms with Crippen molar-refractivity contribution < 1.29 is 9.53 Å². The fraction of sp³-hybridized carbons (Fsp3) is 0.650. The average Bonchev–Trinajstić information content (AvgIpc) is 3.28. The van der Waals surface area contributed by atoms with E-state index in [1.54, 1.807) is 7.11 Å². The molecule has 0 radical (unpaired) electrons. The van der Waals surface area contributed by atoms with Gasteiger partial charge in [-0.05, 0) is 62.9 Å². The number of hydrogen-bond acceptors (Lipinski definition) is 3. The number of nitrogens with zero attached hydrogens (tertiary/aromatic N) is 2. The first-order valence-electron chi connectivity index (χ1n) is 9.39. The SMILES string of the molecule is CCN1CCC[C@@H]1[C@H]1CCCN1C(=O)CCc1ccc(OC)cc1. The van der Waals surface area contributed by atoms with Gasteiger partial charge in [0, 0.05) is 25.0 Å². The van der Waals surface area contributed by atoms with Crippen molar-refractivity contribution in [2.75, 3.05) is 26.7 Å². The van der Waals surface area contributed by atoms with Crippen LogP contribution in [-0.4, -0.2) is 54.5 Å². The molecule has 1 amide bonds. The number of carbonyl (C=O) groups is 1. The van der Waals surface area contributed by atoms with Crippen LogP contribution in [0.3, 0.4) is 0 Å². The first-order valence-corrected chi connectivity index (χ1v) is 9.39. The Morgan fingerprint density at radius 3 is 2.54 bits per heavy atom. The zero-order chi connectivity index (χ0) is 16.9. The predicted molar refractivity (Wildman–Crippen MR) is 96.3 cm³/mol. The van der Waals surface area contributed by atoms with Crippen LogP contribution >= 0.6 is 0 Å². The maximum atomic E-state index is 12.8. The lowest BCUT2D eigenvalue weighted by Crippen LogP contribution is -2.48. The number of carbonyl (C=O) groups excluding carboxylic acids is 1. The smallest absolute Gasteiger partial charge is 0.223 e. The molecule has 1 aromatic rings. The predicted octanol–water partition coefficient (Wildman–Crippen LogP) is 3.10. The highest BCUT2D eigenvalue weighted by Crippen LogP contribution is 2.30. The highest BCUT2D eigenvalue weighted by atomic mass is 16.5. The molecule has 1 aromatic carbocycles. The minimum absolute atomic E-state index is 0.330. The van der Waals surface area contributed by atoms with Crippen LogP contribution in [0.4, 0.5) is 0 Å². The maximum Gasteiger partial charge on any atom is 0.223 e. The molecule has 2 aliphatic rings. The standard InChI is InChI=1S/C20H30N2O2/c1-3-21-14-4-6-18(21)19-7-5-15-22(19)20(23)13-10-16-8-11-17(24-2)12-9-16/h8-9,11-12,18-19H,3-7,10,13-15H2,1-2H3/t18-,19-/m1/s1. The summed E-state index contributed by atoms with van der Waals surface area (Å²) in [4.78, 5) is 17.5. The van der Waals surface area contributed by atoms with Gasteiger partial charge in [-0.3, -0.25) is 9.69 Å². The zero-order valence-electron chi connectivity index (χ0n) is 15.0. The molecule has 2 atom stereocenters. The Balaban J connectivity index is 1.57. The van der Waals surface area contributed by atoms with Gasteiger partial charge < -0.3 is 9.64 Å². The van der Waals surface area contributed by atoms with Crippen LogP contribution in [0.2, 0.25) is 0 Å². The summed E-state index contributed by atoms with van der Waals surface area (Å²) in [6.45, 7) is 5.49.